The van der Waals surface area contributed by atoms with Crippen LogP contribution in [0.15, 0.2) is 24.3 Å². The maximum absolute atomic E-state index is 11.7. The molecule has 1 aromatic carbocycles. The Hall–Kier alpha value is -1.59. The van der Waals surface area contributed by atoms with E-state index in [4.69, 9.17) is 21.4 Å². The van der Waals surface area contributed by atoms with Crippen LogP contribution in [0.4, 0.5) is 0 Å². The topological polar surface area (TPSA) is 75.6 Å². The van der Waals surface area contributed by atoms with Crippen LogP contribution in [0.2, 0.25) is 5.02 Å². The highest BCUT2D eigenvalue weighted by Gasteiger charge is 2.19. The third-order valence-corrected chi connectivity index (χ3v) is 2.73. The minimum Gasteiger partial charge on any atom is -0.480 e. The molecule has 0 fully saturated rings. The van der Waals surface area contributed by atoms with E-state index in [9.17, 15) is 9.59 Å². The fourth-order valence-corrected chi connectivity index (χ4v) is 1.78. The number of hydrogen-bond acceptors (Lipinski definition) is 3. The molecule has 0 aliphatic rings. The number of amides is 1. The summed E-state index contributed by atoms with van der Waals surface area (Å²) >= 11 is 5.81. The number of ether oxygens (including phenoxy) is 1. The number of hydrogen-bond donors (Lipinski definition) is 2. The molecule has 0 aromatic heterocycles. The lowest BCUT2D eigenvalue weighted by Crippen LogP contribution is -2.42. The highest BCUT2D eigenvalue weighted by molar-refractivity contribution is 6.30. The van der Waals surface area contributed by atoms with Crippen molar-refractivity contribution in [3.05, 3.63) is 34.9 Å². The number of rotatable bonds is 7. The lowest BCUT2D eigenvalue weighted by Gasteiger charge is -2.14. The smallest absolute Gasteiger partial charge is 0.326 e. The largest absolute Gasteiger partial charge is 0.480 e. The molecule has 1 rings (SSSR count). The van der Waals surface area contributed by atoms with Gasteiger partial charge in [-0.25, -0.2) is 4.79 Å². The van der Waals surface area contributed by atoms with Crippen molar-refractivity contribution >= 4 is 23.5 Å². The number of aliphatic carboxylic acids is 1. The summed E-state index contributed by atoms with van der Waals surface area (Å²) in [6.45, 7) is 0.272. The first-order chi connectivity index (χ1) is 9.02. The van der Waals surface area contributed by atoms with Crippen LogP contribution in [0.5, 0.6) is 0 Å². The van der Waals surface area contributed by atoms with Gasteiger partial charge >= 0.3 is 5.97 Å². The summed E-state index contributed by atoms with van der Waals surface area (Å²) < 4.78 is 4.81. The van der Waals surface area contributed by atoms with Crippen LogP contribution in [-0.4, -0.2) is 36.7 Å². The second-order valence-electron chi connectivity index (χ2n) is 4.05. The van der Waals surface area contributed by atoms with Gasteiger partial charge in [0, 0.05) is 25.2 Å². The van der Waals surface area contributed by atoms with Gasteiger partial charge in [-0.3, -0.25) is 4.79 Å². The molecule has 0 radical (unpaired) electrons. The van der Waals surface area contributed by atoms with E-state index in [1.807, 2.05) is 0 Å². The van der Waals surface area contributed by atoms with E-state index < -0.39 is 12.0 Å². The van der Waals surface area contributed by atoms with Crippen molar-refractivity contribution < 1.29 is 19.4 Å². The summed E-state index contributed by atoms with van der Waals surface area (Å²) in [5.74, 6) is -1.43. The number of carboxylic acids is 1. The van der Waals surface area contributed by atoms with E-state index in [1.54, 1.807) is 24.3 Å². The molecule has 1 amide bonds. The number of benzene rings is 1. The molecule has 104 valence electrons. The zero-order chi connectivity index (χ0) is 14.3. The summed E-state index contributed by atoms with van der Waals surface area (Å²) in [4.78, 5) is 22.7. The number of carbonyl (C=O) groups is 2. The molecule has 1 unspecified atom stereocenters. The van der Waals surface area contributed by atoms with Gasteiger partial charge < -0.3 is 15.2 Å². The van der Waals surface area contributed by atoms with Crippen LogP contribution >= 0.6 is 11.6 Å². The van der Waals surface area contributed by atoms with Crippen LogP contribution in [0.25, 0.3) is 0 Å². The van der Waals surface area contributed by atoms with Crippen molar-refractivity contribution in [3.63, 3.8) is 0 Å². The molecule has 6 heteroatoms. The summed E-state index contributed by atoms with van der Waals surface area (Å²) in [6, 6.07) is 5.95. The van der Waals surface area contributed by atoms with Crippen molar-refractivity contribution in [2.45, 2.75) is 18.9 Å². The Bertz CT molecular complexity index is 450. The first-order valence-electron chi connectivity index (χ1n) is 5.78. The van der Waals surface area contributed by atoms with E-state index in [2.05, 4.69) is 5.32 Å². The maximum Gasteiger partial charge on any atom is 0.326 e. The molecule has 0 aliphatic heterocycles. The number of carbonyl (C=O) groups excluding carboxylic acids is 1. The monoisotopic (exact) mass is 285 g/mol. The van der Waals surface area contributed by atoms with Gasteiger partial charge in [0.15, 0.2) is 0 Å². The summed E-state index contributed by atoms with van der Waals surface area (Å²) in [7, 11) is 1.48. The van der Waals surface area contributed by atoms with Gasteiger partial charge in [0.25, 0.3) is 0 Å². The SMILES string of the molecule is COCCC(NC(=O)Cc1cccc(Cl)c1)C(=O)O. The third-order valence-electron chi connectivity index (χ3n) is 2.50. The fraction of sp³-hybridized carbons (Fsp3) is 0.385. The van der Waals surface area contributed by atoms with Gasteiger partial charge in [0.05, 0.1) is 6.42 Å². The molecular weight excluding hydrogens is 270 g/mol. The van der Waals surface area contributed by atoms with Crippen LogP contribution in [0, 0.1) is 0 Å². The molecule has 5 nitrogen and oxygen atoms in total. The van der Waals surface area contributed by atoms with E-state index in [1.165, 1.54) is 7.11 Å². The number of carboxylic acid groups (broad SMARTS) is 1. The minimum absolute atomic E-state index is 0.0946. The maximum atomic E-state index is 11.7. The molecule has 0 aliphatic carbocycles. The molecule has 1 aromatic rings. The first kappa shape index (κ1) is 15.5. The average Bonchev–Trinajstić information content (AvgIpc) is 2.34. The molecular formula is C13H16ClNO4. The van der Waals surface area contributed by atoms with Crippen molar-refractivity contribution in [1.29, 1.82) is 0 Å². The van der Waals surface area contributed by atoms with E-state index in [0.717, 1.165) is 5.56 Å². The lowest BCUT2D eigenvalue weighted by molar-refractivity contribution is -0.142. The van der Waals surface area contributed by atoms with Crippen LogP contribution in [0.1, 0.15) is 12.0 Å². The molecule has 0 saturated heterocycles. The van der Waals surface area contributed by atoms with Crippen molar-refractivity contribution in [3.8, 4) is 0 Å². The summed E-state index contributed by atoms with van der Waals surface area (Å²) in [5, 5.41) is 12.0. The quantitative estimate of drug-likeness (QED) is 0.796. The van der Waals surface area contributed by atoms with Crippen LogP contribution in [0.3, 0.4) is 0 Å². The van der Waals surface area contributed by atoms with Crippen molar-refractivity contribution in [2.75, 3.05) is 13.7 Å². The van der Waals surface area contributed by atoms with Crippen LogP contribution < -0.4 is 5.32 Å². The molecule has 2 N–H and O–H groups in total. The zero-order valence-corrected chi connectivity index (χ0v) is 11.3. The number of methoxy groups -OCH3 is 1. The van der Waals surface area contributed by atoms with Gasteiger partial charge in [-0.2, -0.15) is 0 Å². The molecule has 0 spiro atoms. The predicted octanol–water partition coefficient (Wildman–Crippen LogP) is 1.49. The van der Waals surface area contributed by atoms with E-state index >= 15 is 0 Å². The average molecular weight is 286 g/mol. The second-order valence-corrected chi connectivity index (χ2v) is 4.48. The molecule has 0 heterocycles. The van der Waals surface area contributed by atoms with Gasteiger partial charge in [0.1, 0.15) is 6.04 Å². The lowest BCUT2D eigenvalue weighted by atomic mass is 10.1. The first-order valence-corrected chi connectivity index (χ1v) is 6.16. The Morgan fingerprint density at radius 1 is 1.47 bits per heavy atom. The minimum atomic E-state index is -1.07. The highest BCUT2D eigenvalue weighted by Crippen LogP contribution is 2.11. The Labute approximate surface area is 116 Å². The van der Waals surface area contributed by atoms with Gasteiger partial charge in [-0.05, 0) is 17.7 Å². The van der Waals surface area contributed by atoms with Crippen LogP contribution in [-0.2, 0) is 20.7 Å². The second kappa shape index (κ2) is 7.76. The Kier molecular flexibility index (Phi) is 6.32. The standard InChI is InChI=1S/C13H16ClNO4/c1-19-6-5-11(13(17)18)15-12(16)8-9-3-2-4-10(14)7-9/h2-4,7,11H,5-6,8H2,1H3,(H,15,16)(H,17,18). The van der Waals surface area contributed by atoms with Gasteiger partial charge in [-0.1, -0.05) is 23.7 Å². The van der Waals surface area contributed by atoms with E-state index in [0.29, 0.717) is 5.02 Å². The number of nitrogens with one attached hydrogen (secondary N) is 1. The fourth-order valence-electron chi connectivity index (χ4n) is 1.57. The van der Waals surface area contributed by atoms with E-state index in [-0.39, 0.29) is 25.4 Å². The highest BCUT2D eigenvalue weighted by atomic mass is 35.5. The molecule has 1 atom stereocenters. The summed E-state index contributed by atoms with van der Waals surface area (Å²) in [5.41, 5.74) is 0.737. The Balaban J connectivity index is 2.55. The summed E-state index contributed by atoms with van der Waals surface area (Å²) in [6.07, 6.45) is 0.324. The Morgan fingerprint density at radius 3 is 2.79 bits per heavy atom. The Morgan fingerprint density at radius 2 is 2.21 bits per heavy atom. The molecule has 19 heavy (non-hydrogen) atoms. The molecule has 0 bridgehead atoms. The van der Waals surface area contributed by atoms with Crippen molar-refractivity contribution in [2.24, 2.45) is 0 Å². The predicted molar refractivity (Wildman–Crippen MR) is 71.2 cm³/mol. The number of halogens is 1. The molecule has 0 saturated carbocycles. The van der Waals surface area contributed by atoms with Crippen molar-refractivity contribution in [1.82, 2.24) is 5.32 Å². The van der Waals surface area contributed by atoms with Gasteiger partial charge in [-0.15, -0.1) is 0 Å². The third kappa shape index (κ3) is 5.72. The van der Waals surface area contributed by atoms with Gasteiger partial charge in [0.2, 0.25) is 5.91 Å². The normalized spacial score (nSPS) is 11.9. The zero-order valence-electron chi connectivity index (χ0n) is 10.6.